The van der Waals surface area contributed by atoms with Crippen LogP contribution < -0.4 is 0 Å². The van der Waals surface area contributed by atoms with E-state index in [1.807, 2.05) is 0 Å². The molecule has 12 heteroatoms. The number of nitrogens with zero attached hydrogens (tertiary/aromatic N) is 4. The van der Waals surface area contributed by atoms with E-state index >= 15 is 0 Å². The zero-order valence-corrected chi connectivity index (χ0v) is 16.9. The van der Waals surface area contributed by atoms with Crippen LogP contribution in [0.4, 0.5) is 0 Å². The molecule has 0 saturated heterocycles. The fraction of sp³-hybridized carbons (Fsp3) is 0.667. The van der Waals surface area contributed by atoms with Crippen molar-refractivity contribution in [3.05, 3.63) is 0 Å². The first kappa shape index (κ1) is 26.8. The summed E-state index contributed by atoms with van der Waals surface area (Å²) in [7, 11) is 2.70. The molecule has 0 aliphatic rings. The third kappa shape index (κ3) is 9.82. The molecule has 0 aromatic rings. The van der Waals surface area contributed by atoms with Crippen molar-refractivity contribution in [2.75, 3.05) is 40.4 Å². The number of hydrogen-bond acceptors (Lipinski definition) is 10. The predicted octanol–water partition coefficient (Wildman–Crippen LogP) is -1.68. The summed E-state index contributed by atoms with van der Waals surface area (Å²) in [6.07, 6.45) is -3.22. The molecule has 0 fully saturated rings. The number of hydrogen-bond donors (Lipinski definition) is 2. The predicted molar refractivity (Wildman–Crippen MR) is 98.9 cm³/mol. The van der Waals surface area contributed by atoms with Gasteiger partial charge in [-0.3, -0.25) is 19.2 Å². The number of esters is 2. The maximum atomic E-state index is 11.9. The normalized spacial score (nSPS) is 11.9. The van der Waals surface area contributed by atoms with Crippen LogP contribution in [0.25, 0.3) is 0 Å². The van der Waals surface area contributed by atoms with Gasteiger partial charge in [0, 0.05) is 40.0 Å². The van der Waals surface area contributed by atoms with E-state index in [2.05, 4.69) is 0 Å². The summed E-state index contributed by atoms with van der Waals surface area (Å²) >= 11 is 0. The summed E-state index contributed by atoms with van der Waals surface area (Å²) in [4.78, 5) is 49.4. The third-order valence-electron chi connectivity index (χ3n) is 3.82. The minimum Gasteiger partial charge on any atom is -0.437 e. The molecule has 0 aliphatic carbocycles. The smallest absolute Gasteiger partial charge is 0.307 e. The average Bonchev–Trinajstić information content (AvgIpc) is 2.72. The van der Waals surface area contributed by atoms with Crippen LogP contribution in [0.15, 0.2) is 0 Å². The van der Waals surface area contributed by atoms with Crippen LogP contribution in [0.1, 0.15) is 25.7 Å². The van der Waals surface area contributed by atoms with Crippen molar-refractivity contribution in [3.63, 3.8) is 0 Å². The van der Waals surface area contributed by atoms with Gasteiger partial charge in [-0.05, 0) is 12.8 Å². The summed E-state index contributed by atoms with van der Waals surface area (Å²) in [5, 5.41) is 35.5. The van der Waals surface area contributed by atoms with E-state index in [1.165, 1.54) is 14.1 Å². The van der Waals surface area contributed by atoms with Crippen LogP contribution in [0.2, 0.25) is 0 Å². The molecule has 0 saturated carbocycles. The summed E-state index contributed by atoms with van der Waals surface area (Å²) in [6.45, 7) is -0.641. The molecule has 0 bridgehead atoms. The number of rotatable bonds is 13. The highest BCUT2D eigenvalue weighted by Crippen LogP contribution is 2.07. The third-order valence-corrected chi connectivity index (χ3v) is 3.82. The first-order chi connectivity index (χ1) is 14.2. The number of nitriles is 2. The Labute approximate surface area is 174 Å². The van der Waals surface area contributed by atoms with Crippen LogP contribution in [0.5, 0.6) is 0 Å². The molecule has 0 aliphatic heterocycles. The molecule has 2 atom stereocenters. The highest BCUT2D eigenvalue weighted by atomic mass is 16.6. The van der Waals surface area contributed by atoms with E-state index in [4.69, 9.17) is 30.2 Å². The standard InChI is InChI=1S/C18H26N4O8/c1-21(7-9-23)17(27)13(11-19)29-15(25)5-3-4-6-16(26)30-14(12-20)18(28)22(2)8-10-24/h13-14,23-24H,3-10H2,1-2H3. The van der Waals surface area contributed by atoms with Gasteiger partial charge in [0.2, 0.25) is 0 Å². The molecule has 0 heterocycles. The van der Waals surface area contributed by atoms with Crippen LogP contribution in [-0.4, -0.2) is 96.4 Å². The molecule has 0 rings (SSSR count). The minimum atomic E-state index is -1.63. The van der Waals surface area contributed by atoms with Crippen molar-refractivity contribution >= 4 is 23.8 Å². The second-order valence-corrected chi connectivity index (χ2v) is 6.17. The van der Waals surface area contributed by atoms with Crippen molar-refractivity contribution in [1.82, 2.24) is 9.80 Å². The number of unbranched alkanes of at least 4 members (excludes halogenated alkanes) is 1. The number of carbonyl (C=O) groups excluding carboxylic acids is 4. The quantitative estimate of drug-likeness (QED) is 0.255. The van der Waals surface area contributed by atoms with Gasteiger partial charge in [0.25, 0.3) is 24.0 Å². The molecule has 2 amide bonds. The maximum Gasteiger partial charge on any atom is 0.307 e. The largest absolute Gasteiger partial charge is 0.437 e. The van der Waals surface area contributed by atoms with Crippen molar-refractivity contribution in [3.8, 4) is 12.1 Å². The summed E-state index contributed by atoms with van der Waals surface area (Å²) in [5.74, 6) is -3.14. The monoisotopic (exact) mass is 426 g/mol. The number of carbonyl (C=O) groups is 4. The Kier molecular flexibility index (Phi) is 13.2. The number of ether oxygens (including phenoxy) is 2. The first-order valence-corrected chi connectivity index (χ1v) is 9.11. The lowest BCUT2D eigenvalue weighted by atomic mass is 10.2. The second-order valence-electron chi connectivity index (χ2n) is 6.17. The molecule has 2 N–H and O–H groups in total. The Hall–Kier alpha value is -3.22. The number of likely N-dealkylation sites (N-methyl/N-ethyl adjacent to an activating group) is 2. The molecule has 0 spiro atoms. The molecule has 0 radical (unpaired) electrons. The lowest BCUT2D eigenvalue weighted by Crippen LogP contribution is -2.39. The molecule has 2 unspecified atom stereocenters. The fourth-order valence-electron chi connectivity index (χ4n) is 2.10. The van der Waals surface area contributed by atoms with Gasteiger partial charge in [-0.25, -0.2) is 0 Å². The van der Waals surface area contributed by atoms with Crippen molar-refractivity contribution in [2.45, 2.75) is 37.9 Å². The zero-order valence-electron chi connectivity index (χ0n) is 16.9. The highest BCUT2D eigenvalue weighted by molar-refractivity contribution is 5.86. The fourth-order valence-corrected chi connectivity index (χ4v) is 2.10. The number of aliphatic hydroxyl groups is 2. The van der Waals surface area contributed by atoms with Gasteiger partial charge in [0.05, 0.1) is 13.2 Å². The molecule has 30 heavy (non-hydrogen) atoms. The van der Waals surface area contributed by atoms with E-state index in [-0.39, 0.29) is 52.0 Å². The second kappa shape index (κ2) is 14.7. The van der Waals surface area contributed by atoms with Gasteiger partial charge >= 0.3 is 11.9 Å². The molecule has 0 aromatic carbocycles. The number of amides is 2. The Bertz CT molecular complexity index is 627. The average molecular weight is 426 g/mol. The molecular weight excluding hydrogens is 400 g/mol. The molecule has 0 aromatic heterocycles. The molecular formula is C18H26N4O8. The SMILES string of the molecule is CN(CCO)C(=O)C(C#N)OC(=O)CCCCC(=O)OC(C#N)C(=O)N(C)CCO. The first-order valence-electron chi connectivity index (χ1n) is 9.11. The summed E-state index contributed by atoms with van der Waals surface area (Å²) in [5.41, 5.74) is 0. The Morgan fingerprint density at radius 1 is 0.800 bits per heavy atom. The van der Waals surface area contributed by atoms with Gasteiger partial charge in [-0.2, -0.15) is 10.5 Å². The Morgan fingerprint density at radius 3 is 1.40 bits per heavy atom. The Balaban J connectivity index is 4.35. The topological polar surface area (TPSA) is 181 Å². The number of aliphatic hydroxyl groups excluding tert-OH is 2. The minimum absolute atomic E-state index is 0.0152. The van der Waals surface area contributed by atoms with Gasteiger partial charge in [-0.1, -0.05) is 0 Å². The summed E-state index contributed by atoms with van der Waals surface area (Å²) in [6, 6.07) is 3.13. The van der Waals surface area contributed by atoms with Gasteiger partial charge in [-0.15, -0.1) is 0 Å². The van der Waals surface area contributed by atoms with Gasteiger partial charge in [0.1, 0.15) is 12.1 Å². The molecule has 12 nitrogen and oxygen atoms in total. The van der Waals surface area contributed by atoms with E-state index in [0.717, 1.165) is 9.80 Å². The van der Waals surface area contributed by atoms with Gasteiger partial charge in [0.15, 0.2) is 0 Å². The lowest BCUT2D eigenvalue weighted by molar-refractivity contribution is -0.157. The van der Waals surface area contributed by atoms with Crippen LogP contribution in [0.3, 0.4) is 0 Å². The van der Waals surface area contributed by atoms with E-state index in [0.29, 0.717) is 0 Å². The van der Waals surface area contributed by atoms with Crippen LogP contribution >= 0.6 is 0 Å². The zero-order chi connectivity index (χ0) is 23.1. The van der Waals surface area contributed by atoms with Crippen molar-refractivity contribution in [2.24, 2.45) is 0 Å². The van der Waals surface area contributed by atoms with Crippen LogP contribution in [-0.2, 0) is 28.7 Å². The Morgan fingerprint density at radius 2 is 1.13 bits per heavy atom. The van der Waals surface area contributed by atoms with Crippen LogP contribution in [0, 0.1) is 22.7 Å². The molecule has 166 valence electrons. The lowest BCUT2D eigenvalue weighted by Gasteiger charge is -2.19. The van der Waals surface area contributed by atoms with E-state index in [9.17, 15) is 19.2 Å². The van der Waals surface area contributed by atoms with Gasteiger partial charge < -0.3 is 29.5 Å². The highest BCUT2D eigenvalue weighted by Gasteiger charge is 2.26. The maximum absolute atomic E-state index is 11.9. The summed E-state index contributed by atoms with van der Waals surface area (Å²) < 4.78 is 9.59. The van der Waals surface area contributed by atoms with E-state index < -0.39 is 36.0 Å². The van der Waals surface area contributed by atoms with Crippen molar-refractivity contribution < 1.29 is 38.9 Å². The van der Waals surface area contributed by atoms with E-state index in [1.54, 1.807) is 12.1 Å². The van der Waals surface area contributed by atoms with Crippen molar-refractivity contribution in [1.29, 1.82) is 10.5 Å².